The fourth-order valence-electron chi connectivity index (χ4n) is 2.11. The van der Waals surface area contributed by atoms with Crippen LogP contribution in [0, 0.1) is 17.2 Å². The van der Waals surface area contributed by atoms with Crippen LogP contribution < -0.4 is 5.32 Å². The van der Waals surface area contributed by atoms with Crippen molar-refractivity contribution in [1.82, 2.24) is 5.32 Å². The number of halogens is 1. The van der Waals surface area contributed by atoms with Crippen molar-refractivity contribution in [3.8, 4) is 6.07 Å². The molecule has 2 unspecified atom stereocenters. The van der Waals surface area contributed by atoms with Crippen molar-refractivity contribution >= 4 is 11.6 Å². The van der Waals surface area contributed by atoms with E-state index in [1.54, 1.807) is 0 Å². The standard InChI is InChI=1S/C12H13ClN2/c13-11-3-1-2-9(6-11)12(7-14)10-4-5-15-8-10/h1-3,6,10,12,15H,4-5,8H2. The lowest BCUT2D eigenvalue weighted by atomic mass is 9.87. The van der Waals surface area contributed by atoms with Crippen LogP contribution in [0.25, 0.3) is 0 Å². The van der Waals surface area contributed by atoms with Gasteiger partial charge in [0.1, 0.15) is 0 Å². The fraction of sp³-hybridized carbons (Fsp3) is 0.417. The number of benzene rings is 1. The van der Waals surface area contributed by atoms with Crippen LogP contribution in [0.4, 0.5) is 0 Å². The Morgan fingerprint density at radius 1 is 1.53 bits per heavy atom. The van der Waals surface area contributed by atoms with Crippen LogP contribution in [0.5, 0.6) is 0 Å². The zero-order valence-electron chi connectivity index (χ0n) is 8.41. The molecule has 1 aromatic rings. The molecule has 0 spiro atoms. The first-order chi connectivity index (χ1) is 7.31. The maximum Gasteiger partial charge on any atom is 0.0754 e. The summed E-state index contributed by atoms with van der Waals surface area (Å²) in [6, 6.07) is 10.0. The summed E-state index contributed by atoms with van der Waals surface area (Å²) in [7, 11) is 0. The van der Waals surface area contributed by atoms with Gasteiger partial charge in [-0.3, -0.25) is 0 Å². The van der Waals surface area contributed by atoms with Crippen molar-refractivity contribution in [2.24, 2.45) is 5.92 Å². The van der Waals surface area contributed by atoms with E-state index < -0.39 is 0 Å². The van der Waals surface area contributed by atoms with Crippen molar-refractivity contribution in [3.63, 3.8) is 0 Å². The van der Waals surface area contributed by atoms with E-state index in [2.05, 4.69) is 11.4 Å². The van der Waals surface area contributed by atoms with Crippen LogP contribution in [0.2, 0.25) is 5.02 Å². The van der Waals surface area contributed by atoms with Gasteiger partial charge < -0.3 is 5.32 Å². The van der Waals surface area contributed by atoms with E-state index in [4.69, 9.17) is 11.6 Å². The molecule has 0 amide bonds. The molecular weight excluding hydrogens is 208 g/mol. The summed E-state index contributed by atoms with van der Waals surface area (Å²) in [5.74, 6) is 0.396. The van der Waals surface area contributed by atoms with Gasteiger partial charge in [0.25, 0.3) is 0 Å². The quantitative estimate of drug-likeness (QED) is 0.832. The zero-order chi connectivity index (χ0) is 10.7. The van der Waals surface area contributed by atoms with E-state index in [9.17, 15) is 5.26 Å². The third kappa shape index (κ3) is 2.31. The predicted octanol–water partition coefficient (Wildman–Crippen LogP) is 2.56. The van der Waals surface area contributed by atoms with Crippen molar-refractivity contribution in [2.45, 2.75) is 12.3 Å². The summed E-state index contributed by atoms with van der Waals surface area (Å²) >= 11 is 5.93. The molecule has 1 heterocycles. The summed E-state index contributed by atoms with van der Waals surface area (Å²) in [5.41, 5.74) is 1.04. The molecule has 0 aromatic heterocycles. The first-order valence-electron chi connectivity index (χ1n) is 5.17. The average Bonchev–Trinajstić information content (AvgIpc) is 2.72. The minimum Gasteiger partial charge on any atom is -0.316 e. The highest BCUT2D eigenvalue weighted by molar-refractivity contribution is 6.30. The van der Waals surface area contributed by atoms with Crippen LogP contribution in [0.1, 0.15) is 17.9 Å². The Bertz CT molecular complexity index is 377. The Balaban J connectivity index is 2.23. The average molecular weight is 221 g/mol. The fourth-order valence-corrected chi connectivity index (χ4v) is 2.31. The molecule has 0 saturated carbocycles. The highest BCUT2D eigenvalue weighted by Crippen LogP contribution is 2.29. The van der Waals surface area contributed by atoms with E-state index in [1.807, 2.05) is 24.3 Å². The lowest BCUT2D eigenvalue weighted by Gasteiger charge is -2.15. The Kier molecular flexibility index (Phi) is 3.25. The van der Waals surface area contributed by atoms with Gasteiger partial charge in [0.15, 0.2) is 0 Å². The van der Waals surface area contributed by atoms with Gasteiger partial charge in [0.2, 0.25) is 0 Å². The maximum atomic E-state index is 9.21. The second-order valence-electron chi connectivity index (χ2n) is 3.91. The molecule has 2 atom stereocenters. The highest BCUT2D eigenvalue weighted by atomic mass is 35.5. The minimum atomic E-state index is -0.0290. The highest BCUT2D eigenvalue weighted by Gasteiger charge is 2.25. The molecule has 1 aliphatic rings. The molecule has 2 nitrogen and oxygen atoms in total. The molecule has 1 aliphatic heterocycles. The molecule has 2 rings (SSSR count). The predicted molar refractivity (Wildman–Crippen MR) is 60.8 cm³/mol. The lowest BCUT2D eigenvalue weighted by molar-refractivity contribution is 0.531. The van der Waals surface area contributed by atoms with Crippen molar-refractivity contribution in [3.05, 3.63) is 34.9 Å². The SMILES string of the molecule is N#CC(c1cccc(Cl)c1)C1CCNC1. The third-order valence-electron chi connectivity index (χ3n) is 2.92. The molecular formula is C12H13ClN2. The summed E-state index contributed by atoms with van der Waals surface area (Å²) in [5, 5.41) is 13.2. The Hall–Kier alpha value is -1.04. The maximum absolute atomic E-state index is 9.21. The lowest BCUT2D eigenvalue weighted by Crippen LogP contribution is -2.15. The molecule has 1 aromatic carbocycles. The summed E-state index contributed by atoms with van der Waals surface area (Å²) in [4.78, 5) is 0. The van der Waals surface area contributed by atoms with Gasteiger partial charge in [-0.15, -0.1) is 0 Å². The molecule has 1 fully saturated rings. The van der Waals surface area contributed by atoms with Crippen LogP contribution in [0.3, 0.4) is 0 Å². The van der Waals surface area contributed by atoms with Crippen LogP contribution >= 0.6 is 11.6 Å². The normalized spacial score (nSPS) is 22.3. The van der Waals surface area contributed by atoms with Crippen LogP contribution in [-0.4, -0.2) is 13.1 Å². The van der Waals surface area contributed by atoms with E-state index in [0.29, 0.717) is 10.9 Å². The molecule has 3 heteroatoms. The van der Waals surface area contributed by atoms with Gasteiger partial charge in [-0.2, -0.15) is 5.26 Å². The number of nitrogens with one attached hydrogen (secondary N) is 1. The van der Waals surface area contributed by atoms with E-state index in [-0.39, 0.29) is 5.92 Å². The minimum absolute atomic E-state index is 0.0290. The number of nitriles is 1. The van der Waals surface area contributed by atoms with Gasteiger partial charge in [0, 0.05) is 5.02 Å². The zero-order valence-corrected chi connectivity index (χ0v) is 9.17. The Morgan fingerprint density at radius 2 is 2.40 bits per heavy atom. The monoisotopic (exact) mass is 220 g/mol. The van der Waals surface area contributed by atoms with Crippen molar-refractivity contribution < 1.29 is 0 Å². The third-order valence-corrected chi connectivity index (χ3v) is 3.15. The van der Waals surface area contributed by atoms with Crippen LogP contribution in [-0.2, 0) is 0 Å². The Labute approximate surface area is 94.9 Å². The topological polar surface area (TPSA) is 35.8 Å². The molecule has 0 radical (unpaired) electrons. The Morgan fingerprint density at radius 3 is 3.00 bits per heavy atom. The first kappa shape index (κ1) is 10.5. The van der Waals surface area contributed by atoms with Gasteiger partial charge >= 0.3 is 0 Å². The largest absolute Gasteiger partial charge is 0.316 e. The molecule has 1 N–H and O–H groups in total. The summed E-state index contributed by atoms with van der Waals surface area (Å²) in [6.45, 7) is 1.95. The molecule has 78 valence electrons. The van der Waals surface area contributed by atoms with E-state index in [0.717, 1.165) is 25.1 Å². The molecule has 0 aliphatic carbocycles. The molecule has 15 heavy (non-hydrogen) atoms. The van der Waals surface area contributed by atoms with Crippen LogP contribution in [0.15, 0.2) is 24.3 Å². The van der Waals surface area contributed by atoms with Gasteiger partial charge in [0.05, 0.1) is 12.0 Å². The van der Waals surface area contributed by atoms with Gasteiger partial charge in [-0.1, -0.05) is 23.7 Å². The number of hydrogen-bond donors (Lipinski definition) is 1. The summed E-state index contributed by atoms with van der Waals surface area (Å²) < 4.78 is 0. The van der Waals surface area contributed by atoms with E-state index in [1.165, 1.54) is 0 Å². The second kappa shape index (κ2) is 4.65. The molecule has 0 bridgehead atoms. The first-order valence-corrected chi connectivity index (χ1v) is 5.55. The van der Waals surface area contributed by atoms with E-state index >= 15 is 0 Å². The number of rotatable bonds is 2. The smallest absolute Gasteiger partial charge is 0.0754 e. The molecule has 1 saturated heterocycles. The second-order valence-corrected chi connectivity index (χ2v) is 4.35. The summed E-state index contributed by atoms with van der Waals surface area (Å²) in [6.07, 6.45) is 1.07. The number of hydrogen-bond acceptors (Lipinski definition) is 2. The van der Waals surface area contributed by atoms with Gasteiger partial charge in [-0.25, -0.2) is 0 Å². The van der Waals surface area contributed by atoms with Crippen molar-refractivity contribution in [1.29, 1.82) is 5.26 Å². The van der Waals surface area contributed by atoms with Gasteiger partial charge in [-0.05, 0) is 43.1 Å². The number of nitrogens with zero attached hydrogens (tertiary/aromatic N) is 1. The van der Waals surface area contributed by atoms with Crippen molar-refractivity contribution in [2.75, 3.05) is 13.1 Å².